The van der Waals surface area contributed by atoms with Crippen molar-refractivity contribution in [3.8, 4) is 0 Å². The fourth-order valence-corrected chi connectivity index (χ4v) is 1.25. The molecule has 0 aromatic heterocycles. The maximum absolute atomic E-state index is 5.90. The van der Waals surface area contributed by atoms with E-state index in [1.807, 2.05) is 13.0 Å². The summed E-state index contributed by atoms with van der Waals surface area (Å²) >= 11 is 0. The summed E-state index contributed by atoms with van der Waals surface area (Å²) in [6.45, 7) is 5.71. The third-order valence-electron chi connectivity index (χ3n) is 2.42. The average molecular weight is 185 g/mol. The van der Waals surface area contributed by atoms with Gasteiger partial charge >= 0.3 is 0 Å². The molecule has 0 rings (SSSR count). The molecule has 0 bridgehead atoms. The van der Waals surface area contributed by atoms with Gasteiger partial charge in [-0.1, -0.05) is 18.9 Å². The van der Waals surface area contributed by atoms with Gasteiger partial charge in [-0.3, -0.25) is 0 Å². The molecule has 0 aliphatic carbocycles. The largest absolute Gasteiger partial charge is 0.380 e. The van der Waals surface area contributed by atoms with Crippen molar-refractivity contribution in [1.82, 2.24) is 0 Å². The molecule has 78 valence electrons. The van der Waals surface area contributed by atoms with Crippen LogP contribution in [0.4, 0.5) is 0 Å². The average Bonchev–Trinajstić information content (AvgIpc) is 2.16. The smallest absolute Gasteiger partial charge is 0.0694 e. The Morgan fingerprint density at radius 2 is 2.08 bits per heavy atom. The molecule has 0 aliphatic heterocycles. The molecule has 0 aliphatic rings. The van der Waals surface area contributed by atoms with Gasteiger partial charge in [0.05, 0.1) is 6.10 Å². The predicted molar refractivity (Wildman–Crippen MR) is 57.7 cm³/mol. The SMILES string of the molecule is C=CCCCCCC(N)C(C)OC. The van der Waals surface area contributed by atoms with Crippen LogP contribution in [0.1, 0.15) is 39.0 Å². The van der Waals surface area contributed by atoms with Gasteiger partial charge in [-0.2, -0.15) is 0 Å². The number of ether oxygens (including phenoxy) is 1. The van der Waals surface area contributed by atoms with Crippen molar-refractivity contribution in [2.75, 3.05) is 7.11 Å². The summed E-state index contributed by atoms with van der Waals surface area (Å²) in [7, 11) is 1.71. The molecule has 2 unspecified atom stereocenters. The number of methoxy groups -OCH3 is 1. The van der Waals surface area contributed by atoms with E-state index in [1.165, 1.54) is 19.3 Å². The first kappa shape index (κ1) is 12.7. The molecule has 13 heavy (non-hydrogen) atoms. The second-order valence-corrected chi connectivity index (χ2v) is 3.53. The minimum Gasteiger partial charge on any atom is -0.380 e. The highest BCUT2D eigenvalue weighted by Gasteiger charge is 2.10. The summed E-state index contributed by atoms with van der Waals surface area (Å²) < 4.78 is 5.15. The van der Waals surface area contributed by atoms with Crippen molar-refractivity contribution in [3.05, 3.63) is 12.7 Å². The molecule has 0 saturated carbocycles. The molecular weight excluding hydrogens is 162 g/mol. The van der Waals surface area contributed by atoms with Gasteiger partial charge in [0.2, 0.25) is 0 Å². The van der Waals surface area contributed by atoms with Crippen molar-refractivity contribution in [2.45, 2.75) is 51.2 Å². The van der Waals surface area contributed by atoms with Crippen LogP contribution >= 0.6 is 0 Å². The summed E-state index contributed by atoms with van der Waals surface area (Å²) in [6.07, 6.45) is 8.01. The first-order valence-electron chi connectivity index (χ1n) is 5.11. The van der Waals surface area contributed by atoms with Crippen LogP contribution in [-0.2, 0) is 4.74 Å². The number of allylic oxidation sites excluding steroid dienone is 1. The molecule has 0 saturated heterocycles. The summed E-state index contributed by atoms with van der Waals surface area (Å²) in [4.78, 5) is 0. The van der Waals surface area contributed by atoms with Gasteiger partial charge in [0, 0.05) is 13.2 Å². The number of hydrogen-bond acceptors (Lipinski definition) is 2. The quantitative estimate of drug-likeness (QED) is 0.466. The highest BCUT2D eigenvalue weighted by Crippen LogP contribution is 2.08. The van der Waals surface area contributed by atoms with Crippen LogP contribution in [0.25, 0.3) is 0 Å². The minimum absolute atomic E-state index is 0.180. The van der Waals surface area contributed by atoms with Crippen LogP contribution < -0.4 is 5.73 Å². The lowest BCUT2D eigenvalue weighted by molar-refractivity contribution is 0.0921. The zero-order chi connectivity index (χ0) is 10.1. The summed E-state index contributed by atoms with van der Waals surface area (Å²) in [5.41, 5.74) is 5.90. The number of nitrogens with two attached hydrogens (primary N) is 1. The van der Waals surface area contributed by atoms with Gasteiger partial charge in [-0.25, -0.2) is 0 Å². The van der Waals surface area contributed by atoms with Crippen LogP contribution in [0.5, 0.6) is 0 Å². The van der Waals surface area contributed by atoms with Crippen LogP contribution in [0.2, 0.25) is 0 Å². The predicted octanol–water partition coefficient (Wildman–Crippen LogP) is 2.49. The Morgan fingerprint density at radius 3 is 2.62 bits per heavy atom. The van der Waals surface area contributed by atoms with Crippen LogP contribution in [-0.4, -0.2) is 19.3 Å². The molecule has 0 radical (unpaired) electrons. The Labute approximate surface area is 82.2 Å². The lowest BCUT2D eigenvalue weighted by atomic mass is 10.0. The lowest BCUT2D eigenvalue weighted by Crippen LogP contribution is -2.33. The Bertz CT molecular complexity index is 125. The summed E-state index contributed by atoms with van der Waals surface area (Å²) in [6, 6.07) is 0.189. The molecule has 0 amide bonds. The molecule has 2 nitrogen and oxygen atoms in total. The van der Waals surface area contributed by atoms with E-state index in [9.17, 15) is 0 Å². The van der Waals surface area contributed by atoms with Gasteiger partial charge in [0.1, 0.15) is 0 Å². The molecule has 0 heterocycles. The van der Waals surface area contributed by atoms with Crippen LogP contribution in [0.15, 0.2) is 12.7 Å². The minimum atomic E-state index is 0.180. The number of rotatable bonds is 8. The highest BCUT2D eigenvalue weighted by molar-refractivity contribution is 4.70. The Hall–Kier alpha value is -0.340. The number of unbranched alkanes of at least 4 members (excludes halogenated alkanes) is 3. The maximum Gasteiger partial charge on any atom is 0.0694 e. The fourth-order valence-electron chi connectivity index (χ4n) is 1.25. The zero-order valence-electron chi connectivity index (χ0n) is 8.96. The van der Waals surface area contributed by atoms with Crippen molar-refractivity contribution in [2.24, 2.45) is 5.73 Å². The molecule has 0 aromatic carbocycles. The third-order valence-corrected chi connectivity index (χ3v) is 2.42. The highest BCUT2D eigenvalue weighted by atomic mass is 16.5. The van der Waals surface area contributed by atoms with Gasteiger partial charge in [-0.15, -0.1) is 6.58 Å². The van der Waals surface area contributed by atoms with Crippen LogP contribution in [0, 0.1) is 0 Å². The van der Waals surface area contributed by atoms with E-state index in [2.05, 4.69) is 6.58 Å². The zero-order valence-corrected chi connectivity index (χ0v) is 8.96. The van der Waals surface area contributed by atoms with E-state index in [0.29, 0.717) is 0 Å². The third kappa shape index (κ3) is 6.79. The second-order valence-electron chi connectivity index (χ2n) is 3.53. The molecule has 0 aromatic rings. The second kappa shape index (κ2) is 8.27. The van der Waals surface area contributed by atoms with Crippen molar-refractivity contribution in [1.29, 1.82) is 0 Å². The molecular formula is C11H23NO. The van der Waals surface area contributed by atoms with Gasteiger partial charge in [0.25, 0.3) is 0 Å². The summed E-state index contributed by atoms with van der Waals surface area (Å²) in [5, 5.41) is 0. The standard InChI is InChI=1S/C11H23NO/c1-4-5-6-7-8-9-11(12)10(2)13-3/h4,10-11H,1,5-9,12H2,2-3H3. The van der Waals surface area contributed by atoms with E-state index in [0.717, 1.165) is 12.8 Å². The van der Waals surface area contributed by atoms with Crippen LogP contribution in [0.3, 0.4) is 0 Å². The Balaban J connectivity index is 3.26. The van der Waals surface area contributed by atoms with E-state index in [4.69, 9.17) is 10.5 Å². The lowest BCUT2D eigenvalue weighted by Gasteiger charge is -2.17. The van der Waals surface area contributed by atoms with Crippen molar-refractivity contribution >= 4 is 0 Å². The Morgan fingerprint density at radius 1 is 1.38 bits per heavy atom. The topological polar surface area (TPSA) is 35.2 Å². The molecule has 2 atom stereocenters. The summed E-state index contributed by atoms with van der Waals surface area (Å²) in [5.74, 6) is 0. The first-order valence-corrected chi connectivity index (χ1v) is 5.11. The number of hydrogen-bond donors (Lipinski definition) is 1. The maximum atomic E-state index is 5.90. The molecule has 0 fully saturated rings. The van der Waals surface area contributed by atoms with Gasteiger partial charge in [-0.05, 0) is 26.2 Å². The van der Waals surface area contributed by atoms with Crippen molar-refractivity contribution in [3.63, 3.8) is 0 Å². The van der Waals surface area contributed by atoms with Gasteiger partial charge in [0.15, 0.2) is 0 Å². The van der Waals surface area contributed by atoms with E-state index in [-0.39, 0.29) is 12.1 Å². The molecule has 2 heteroatoms. The van der Waals surface area contributed by atoms with E-state index >= 15 is 0 Å². The molecule has 0 spiro atoms. The normalized spacial score (nSPS) is 15.3. The van der Waals surface area contributed by atoms with E-state index in [1.54, 1.807) is 7.11 Å². The first-order chi connectivity index (χ1) is 6.22. The Kier molecular flexibility index (Phi) is 8.05. The fraction of sp³-hybridized carbons (Fsp3) is 0.818. The van der Waals surface area contributed by atoms with E-state index < -0.39 is 0 Å². The van der Waals surface area contributed by atoms with Gasteiger partial charge < -0.3 is 10.5 Å². The monoisotopic (exact) mass is 185 g/mol. The molecule has 2 N–H and O–H groups in total. The van der Waals surface area contributed by atoms with Crippen molar-refractivity contribution < 1.29 is 4.74 Å².